The van der Waals surface area contributed by atoms with Gasteiger partial charge in [-0.2, -0.15) is 0 Å². The van der Waals surface area contributed by atoms with Gasteiger partial charge in [0.2, 0.25) is 0 Å². The van der Waals surface area contributed by atoms with Gasteiger partial charge in [-0.25, -0.2) is 0 Å². The van der Waals surface area contributed by atoms with Crippen LogP contribution in [0, 0.1) is 18.8 Å². The lowest BCUT2D eigenvalue weighted by Gasteiger charge is -2.18. The van der Waals surface area contributed by atoms with Crippen molar-refractivity contribution in [1.82, 2.24) is 10.2 Å². The molecule has 1 aromatic carbocycles. The maximum Gasteiger partial charge on any atom is 0.254 e. The molecule has 0 bridgehead atoms. The maximum absolute atomic E-state index is 12.4. The zero-order valence-electron chi connectivity index (χ0n) is 10.1. The number of amides is 1. The summed E-state index contributed by atoms with van der Waals surface area (Å²) in [7, 11) is 0. The van der Waals surface area contributed by atoms with Crippen LogP contribution in [-0.4, -0.2) is 37.0 Å². The summed E-state index contributed by atoms with van der Waals surface area (Å²) in [5.41, 5.74) is 1.94. The van der Waals surface area contributed by atoms with E-state index in [1.165, 1.54) is 0 Å². The van der Waals surface area contributed by atoms with E-state index in [4.69, 9.17) is 0 Å². The topological polar surface area (TPSA) is 32.3 Å². The molecule has 0 saturated carbocycles. The standard InChI is InChI=1S/C14H18N2O/c1-10-4-2-3-5-13(10)14(17)16-8-11-6-15-7-12(11)9-16/h2-5,11-12,15H,6-9H2,1H3. The Hall–Kier alpha value is -1.35. The number of fused-ring (bicyclic) bond motifs is 1. The van der Waals surface area contributed by atoms with Crippen molar-refractivity contribution in [1.29, 1.82) is 0 Å². The number of nitrogens with one attached hydrogen (secondary N) is 1. The Balaban J connectivity index is 1.78. The van der Waals surface area contributed by atoms with Crippen molar-refractivity contribution < 1.29 is 4.79 Å². The number of likely N-dealkylation sites (tertiary alicyclic amines) is 1. The van der Waals surface area contributed by atoms with E-state index in [-0.39, 0.29) is 5.91 Å². The first-order valence-electron chi connectivity index (χ1n) is 6.31. The zero-order chi connectivity index (χ0) is 11.8. The Morgan fingerprint density at radius 3 is 2.53 bits per heavy atom. The van der Waals surface area contributed by atoms with E-state index in [9.17, 15) is 4.79 Å². The monoisotopic (exact) mass is 230 g/mol. The first kappa shape index (κ1) is 10.8. The summed E-state index contributed by atoms with van der Waals surface area (Å²) in [6.07, 6.45) is 0. The summed E-state index contributed by atoms with van der Waals surface area (Å²) < 4.78 is 0. The summed E-state index contributed by atoms with van der Waals surface area (Å²) >= 11 is 0. The van der Waals surface area contributed by atoms with Gasteiger partial charge in [0.05, 0.1) is 0 Å². The molecule has 3 rings (SSSR count). The van der Waals surface area contributed by atoms with Gasteiger partial charge in [0.15, 0.2) is 0 Å². The van der Waals surface area contributed by atoms with Crippen LogP contribution in [0.25, 0.3) is 0 Å². The van der Waals surface area contributed by atoms with Crippen molar-refractivity contribution in [2.45, 2.75) is 6.92 Å². The molecular formula is C14H18N2O. The highest BCUT2D eigenvalue weighted by atomic mass is 16.2. The summed E-state index contributed by atoms with van der Waals surface area (Å²) in [5.74, 6) is 1.54. The van der Waals surface area contributed by atoms with Crippen LogP contribution in [0.1, 0.15) is 15.9 Å². The molecule has 2 atom stereocenters. The molecule has 1 amide bonds. The molecule has 0 spiro atoms. The van der Waals surface area contributed by atoms with Crippen LogP contribution >= 0.6 is 0 Å². The first-order valence-corrected chi connectivity index (χ1v) is 6.31. The fourth-order valence-corrected chi connectivity index (χ4v) is 3.00. The molecule has 0 aliphatic carbocycles. The lowest BCUT2D eigenvalue weighted by Crippen LogP contribution is -2.32. The Labute approximate surface area is 102 Å². The fraction of sp³-hybridized carbons (Fsp3) is 0.500. The molecule has 1 N–H and O–H groups in total. The Morgan fingerprint density at radius 1 is 1.24 bits per heavy atom. The second-order valence-corrected chi connectivity index (χ2v) is 5.20. The number of rotatable bonds is 1. The average Bonchev–Trinajstić information content (AvgIpc) is 2.88. The second kappa shape index (κ2) is 4.15. The van der Waals surface area contributed by atoms with Gasteiger partial charge < -0.3 is 10.2 Å². The molecule has 0 radical (unpaired) electrons. The number of hydrogen-bond acceptors (Lipinski definition) is 2. The van der Waals surface area contributed by atoms with Crippen molar-refractivity contribution in [2.75, 3.05) is 26.2 Å². The molecule has 2 heterocycles. The van der Waals surface area contributed by atoms with Gasteiger partial charge >= 0.3 is 0 Å². The Morgan fingerprint density at radius 2 is 1.88 bits per heavy atom. The normalized spacial score (nSPS) is 27.2. The van der Waals surface area contributed by atoms with Gasteiger partial charge in [-0.1, -0.05) is 18.2 Å². The van der Waals surface area contributed by atoms with Gasteiger partial charge in [-0.3, -0.25) is 4.79 Å². The van der Waals surface area contributed by atoms with E-state index < -0.39 is 0 Å². The van der Waals surface area contributed by atoms with Crippen LogP contribution in [-0.2, 0) is 0 Å². The van der Waals surface area contributed by atoms with Crippen molar-refractivity contribution in [3.8, 4) is 0 Å². The maximum atomic E-state index is 12.4. The minimum Gasteiger partial charge on any atom is -0.338 e. The number of carbonyl (C=O) groups is 1. The van der Waals surface area contributed by atoms with Crippen LogP contribution in [0.4, 0.5) is 0 Å². The second-order valence-electron chi connectivity index (χ2n) is 5.20. The summed E-state index contributed by atoms with van der Waals surface area (Å²) in [6, 6.07) is 7.86. The van der Waals surface area contributed by atoms with Crippen LogP contribution in [0.5, 0.6) is 0 Å². The predicted molar refractivity (Wildman–Crippen MR) is 66.9 cm³/mol. The molecule has 2 aliphatic rings. The highest BCUT2D eigenvalue weighted by molar-refractivity contribution is 5.95. The number of carbonyl (C=O) groups excluding carboxylic acids is 1. The SMILES string of the molecule is Cc1ccccc1C(=O)N1CC2CNCC2C1. The third-order valence-corrected chi connectivity index (χ3v) is 4.05. The van der Waals surface area contributed by atoms with Crippen LogP contribution in [0.3, 0.4) is 0 Å². The molecule has 2 aliphatic heterocycles. The van der Waals surface area contributed by atoms with Crippen LogP contribution in [0.15, 0.2) is 24.3 Å². The number of aryl methyl sites for hydroxylation is 1. The van der Waals surface area contributed by atoms with E-state index in [2.05, 4.69) is 5.32 Å². The Kier molecular flexibility index (Phi) is 2.63. The molecule has 3 heteroatoms. The Bertz CT molecular complexity index is 432. The molecule has 2 fully saturated rings. The minimum absolute atomic E-state index is 0.206. The van der Waals surface area contributed by atoms with Gasteiger partial charge in [0, 0.05) is 31.7 Å². The highest BCUT2D eigenvalue weighted by Gasteiger charge is 2.38. The van der Waals surface area contributed by atoms with Crippen LogP contribution in [0.2, 0.25) is 0 Å². The van der Waals surface area contributed by atoms with Gasteiger partial charge in [0.1, 0.15) is 0 Å². The van der Waals surface area contributed by atoms with E-state index in [0.717, 1.165) is 37.3 Å². The molecule has 3 nitrogen and oxygen atoms in total. The van der Waals surface area contributed by atoms with Crippen LogP contribution < -0.4 is 5.32 Å². The van der Waals surface area contributed by atoms with Crippen molar-refractivity contribution in [3.63, 3.8) is 0 Å². The molecule has 1 aromatic rings. The first-order chi connectivity index (χ1) is 8.25. The van der Waals surface area contributed by atoms with Gasteiger partial charge in [-0.15, -0.1) is 0 Å². The largest absolute Gasteiger partial charge is 0.338 e. The van der Waals surface area contributed by atoms with E-state index in [1.54, 1.807) is 0 Å². The van der Waals surface area contributed by atoms with Gasteiger partial charge in [0.25, 0.3) is 5.91 Å². The number of hydrogen-bond donors (Lipinski definition) is 1. The number of nitrogens with zero attached hydrogens (tertiary/aromatic N) is 1. The zero-order valence-corrected chi connectivity index (χ0v) is 10.1. The van der Waals surface area contributed by atoms with Crippen molar-refractivity contribution in [3.05, 3.63) is 35.4 Å². The summed E-state index contributed by atoms with van der Waals surface area (Å²) in [4.78, 5) is 14.4. The fourth-order valence-electron chi connectivity index (χ4n) is 3.00. The third-order valence-electron chi connectivity index (χ3n) is 4.05. The van der Waals surface area contributed by atoms with Crippen molar-refractivity contribution in [2.24, 2.45) is 11.8 Å². The third kappa shape index (κ3) is 1.84. The van der Waals surface area contributed by atoms with E-state index >= 15 is 0 Å². The molecule has 90 valence electrons. The lowest BCUT2D eigenvalue weighted by molar-refractivity contribution is 0.0781. The smallest absolute Gasteiger partial charge is 0.254 e. The summed E-state index contributed by atoms with van der Waals surface area (Å²) in [6.45, 7) is 5.99. The minimum atomic E-state index is 0.206. The van der Waals surface area contributed by atoms with E-state index in [1.807, 2.05) is 36.1 Å². The highest BCUT2D eigenvalue weighted by Crippen LogP contribution is 2.27. The lowest BCUT2D eigenvalue weighted by atomic mass is 10.0. The predicted octanol–water partition coefficient (Wildman–Crippen LogP) is 1.29. The van der Waals surface area contributed by atoms with Gasteiger partial charge in [-0.05, 0) is 30.4 Å². The number of benzene rings is 1. The van der Waals surface area contributed by atoms with E-state index in [0.29, 0.717) is 11.8 Å². The molecule has 2 unspecified atom stereocenters. The average molecular weight is 230 g/mol. The quantitative estimate of drug-likeness (QED) is 0.788. The summed E-state index contributed by atoms with van der Waals surface area (Å²) in [5, 5.41) is 3.40. The molecule has 0 aromatic heterocycles. The molecular weight excluding hydrogens is 212 g/mol. The van der Waals surface area contributed by atoms with Crippen molar-refractivity contribution >= 4 is 5.91 Å². The molecule has 17 heavy (non-hydrogen) atoms. The molecule has 2 saturated heterocycles.